The second kappa shape index (κ2) is 5.49. The predicted molar refractivity (Wildman–Crippen MR) is 69.6 cm³/mol. The summed E-state index contributed by atoms with van der Waals surface area (Å²) in [4.78, 5) is 0. The highest BCUT2D eigenvalue weighted by atomic mass is 14.9. The first-order chi connectivity index (χ1) is 7.85. The zero-order valence-electron chi connectivity index (χ0n) is 10.5. The quantitative estimate of drug-likeness (QED) is 0.811. The average molecular weight is 217 g/mol. The van der Waals surface area contributed by atoms with E-state index in [0.717, 1.165) is 12.3 Å². The van der Waals surface area contributed by atoms with Gasteiger partial charge in [0, 0.05) is 6.04 Å². The number of hydrogen-bond donors (Lipinski definition) is 1. The van der Waals surface area contributed by atoms with Crippen LogP contribution in [-0.2, 0) is 6.42 Å². The summed E-state index contributed by atoms with van der Waals surface area (Å²) in [5, 5.41) is 3.51. The summed E-state index contributed by atoms with van der Waals surface area (Å²) >= 11 is 0. The first kappa shape index (κ1) is 11.7. The van der Waals surface area contributed by atoms with Crippen molar-refractivity contribution < 1.29 is 0 Å². The zero-order valence-corrected chi connectivity index (χ0v) is 10.5. The maximum atomic E-state index is 3.51. The van der Waals surface area contributed by atoms with Gasteiger partial charge in [0.1, 0.15) is 0 Å². The smallest absolute Gasteiger partial charge is 0.0346 e. The lowest BCUT2D eigenvalue weighted by Gasteiger charge is -2.23. The van der Waals surface area contributed by atoms with Crippen molar-refractivity contribution in [1.82, 2.24) is 5.32 Å². The van der Waals surface area contributed by atoms with Gasteiger partial charge in [-0.3, -0.25) is 0 Å². The molecule has 1 fully saturated rings. The van der Waals surface area contributed by atoms with Crippen molar-refractivity contribution in [3.63, 3.8) is 0 Å². The van der Waals surface area contributed by atoms with Crippen LogP contribution in [0.15, 0.2) is 24.3 Å². The molecule has 0 amide bonds. The highest BCUT2D eigenvalue weighted by molar-refractivity contribution is 5.26. The van der Waals surface area contributed by atoms with Crippen LogP contribution in [0.3, 0.4) is 0 Å². The summed E-state index contributed by atoms with van der Waals surface area (Å²) in [5.41, 5.74) is 2.93. The molecule has 88 valence electrons. The van der Waals surface area contributed by atoms with Crippen molar-refractivity contribution in [2.45, 2.75) is 45.1 Å². The van der Waals surface area contributed by atoms with Crippen molar-refractivity contribution in [1.29, 1.82) is 0 Å². The Morgan fingerprint density at radius 2 is 2.06 bits per heavy atom. The number of rotatable bonds is 4. The van der Waals surface area contributed by atoms with E-state index in [4.69, 9.17) is 0 Å². The van der Waals surface area contributed by atoms with Gasteiger partial charge in [-0.2, -0.15) is 0 Å². The third kappa shape index (κ3) is 2.46. The van der Waals surface area contributed by atoms with Gasteiger partial charge in [0.05, 0.1) is 0 Å². The van der Waals surface area contributed by atoms with E-state index in [2.05, 4.69) is 43.6 Å². The van der Waals surface area contributed by atoms with Gasteiger partial charge in [0.2, 0.25) is 0 Å². The molecule has 16 heavy (non-hydrogen) atoms. The van der Waals surface area contributed by atoms with Crippen LogP contribution in [0.4, 0.5) is 0 Å². The molecule has 0 radical (unpaired) electrons. The molecule has 1 unspecified atom stereocenters. The first-order valence-corrected chi connectivity index (χ1v) is 6.61. The van der Waals surface area contributed by atoms with Crippen molar-refractivity contribution in [3.8, 4) is 0 Å². The SMILES string of the molecule is CCc1cccc(C(NC)C2CCCC2)c1. The molecule has 0 heterocycles. The van der Waals surface area contributed by atoms with E-state index in [0.29, 0.717) is 6.04 Å². The molecule has 0 aliphatic heterocycles. The molecule has 2 rings (SSSR count). The summed E-state index contributed by atoms with van der Waals surface area (Å²) in [6, 6.07) is 9.64. The van der Waals surface area contributed by atoms with Crippen LogP contribution < -0.4 is 5.32 Å². The van der Waals surface area contributed by atoms with E-state index < -0.39 is 0 Å². The van der Waals surface area contributed by atoms with Crippen LogP contribution in [0.25, 0.3) is 0 Å². The fourth-order valence-electron chi connectivity index (χ4n) is 2.97. The van der Waals surface area contributed by atoms with Crippen molar-refractivity contribution >= 4 is 0 Å². The van der Waals surface area contributed by atoms with Gasteiger partial charge in [-0.1, -0.05) is 44.0 Å². The Bertz CT molecular complexity index is 326. The fraction of sp³-hybridized carbons (Fsp3) is 0.600. The van der Waals surface area contributed by atoms with Crippen molar-refractivity contribution in [2.75, 3.05) is 7.05 Å². The Labute approximate surface area is 99.3 Å². The van der Waals surface area contributed by atoms with Crippen LogP contribution in [0, 0.1) is 5.92 Å². The minimum atomic E-state index is 0.564. The van der Waals surface area contributed by atoms with Crippen molar-refractivity contribution in [2.24, 2.45) is 5.92 Å². The maximum Gasteiger partial charge on any atom is 0.0346 e. The van der Waals surface area contributed by atoms with Crippen LogP contribution in [0.2, 0.25) is 0 Å². The van der Waals surface area contributed by atoms with E-state index in [-0.39, 0.29) is 0 Å². The molecule has 0 spiro atoms. The van der Waals surface area contributed by atoms with Gasteiger partial charge in [0.15, 0.2) is 0 Å². The zero-order chi connectivity index (χ0) is 11.4. The Kier molecular flexibility index (Phi) is 4.00. The monoisotopic (exact) mass is 217 g/mol. The van der Waals surface area contributed by atoms with E-state index in [1.165, 1.54) is 36.8 Å². The van der Waals surface area contributed by atoms with Crippen LogP contribution in [-0.4, -0.2) is 7.05 Å². The number of benzene rings is 1. The molecule has 0 aromatic heterocycles. The fourth-order valence-corrected chi connectivity index (χ4v) is 2.97. The molecule has 1 saturated carbocycles. The summed E-state index contributed by atoms with van der Waals surface area (Å²) < 4.78 is 0. The molecule has 1 aliphatic rings. The molecule has 0 bridgehead atoms. The van der Waals surface area contributed by atoms with Crippen LogP contribution in [0.1, 0.15) is 49.8 Å². The van der Waals surface area contributed by atoms with Gasteiger partial charge in [0.25, 0.3) is 0 Å². The summed E-state index contributed by atoms with van der Waals surface area (Å²) in [6.07, 6.45) is 6.74. The lowest BCUT2D eigenvalue weighted by Crippen LogP contribution is -2.23. The summed E-state index contributed by atoms with van der Waals surface area (Å²) in [6.45, 7) is 2.23. The van der Waals surface area contributed by atoms with E-state index in [9.17, 15) is 0 Å². The standard InChI is InChI=1S/C15H23N/c1-3-12-7-6-10-14(11-12)15(16-2)13-8-4-5-9-13/h6-7,10-11,13,15-16H,3-5,8-9H2,1-2H3. The average Bonchev–Trinajstić information content (AvgIpc) is 2.84. The molecular weight excluding hydrogens is 194 g/mol. The number of nitrogens with one attached hydrogen (secondary N) is 1. The largest absolute Gasteiger partial charge is 0.313 e. The van der Waals surface area contributed by atoms with Gasteiger partial charge in [-0.15, -0.1) is 0 Å². The van der Waals surface area contributed by atoms with Crippen LogP contribution >= 0.6 is 0 Å². The Balaban J connectivity index is 2.18. The van der Waals surface area contributed by atoms with E-state index in [1.807, 2.05) is 0 Å². The summed E-state index contributed by atoms with van der Waals surface area (Å²) in [7, 11) is 2.10. The van der Waals surface area contributed by atoms with Crippen molar-refractivity contribution in [3.05, 3.63) is 35.4 Å². The molecule has 0 saturated heterocycles. The maximum absolute atomic E-state index is 3.51. The second-order valence-electron chi connectivity index (χ2n) is 4.91. The van der Waals surface area contributed by atoms with E-state index >= 15 is 0 Å². The van der Waals surface area contributed by atoms with Crippen LogP contribution in [0.5, 0.6) is 0 Å². The third-order valence-electron chi connectivity index (χ3n) is 3.90. The van der Waals surface area contributed by atoms with Gasteiger partial charge < -0.3 is 5.32 Å². The Morgan fingerprint density at radius 1 is 1.31 bits per heavy atom. The van der Waals surface area contributed by atoms with Gasteiger partial charge >= 0.3 is 0 Å². The predicted octanol–water partition coefficient (Wildman–Crippen LogP) is 3.70. The highest BCUT2D eigenvalue weighted by Gasteiger charge is 2.24. The van der Waals surface area contributed by atoms with E-state index in [1.54, 1.807) is 0 Å². The first-order valence-electron chi connectivity index (χ1n) is 6.61. The molecule has 1 aromatic rings. The third-order valence-corrected chi connectivity index (χ3v) is 3.90. The molecule has 1 nitrogen and oxygen atoms in total. The molecule has 1 aliphatic carbocycles. The van der Waals surface area contributed by atoms with Gasteiger partial charge in [-0.05, 0) is 43.4 Å². The second-order valence-corrected chi connectivity index (χ2v) is 4.91. The lowest BCUT2D eigenvalue weighted by molar-refractivity contribution is 0.390. The molecule has 1 atom stereocenters. The number of hydrogen-bond acceptors (Lipinski definition) is 1. The molecule has 1 aromatic carbocycles. The highest BCUT2D eigenvalue weighted by Crippen LogP contribution is 2.35. The summed E-state index contributed by atoms with van der Waals surface area (Å²) in [5.74, 6) is 0.845. The molecule has 1 N–H and O–H groups in total. The van der Waals surface area contributed by atoms with Gasteiger partial charge in [-0.25, -0.2) is 0 Å². The topological polar surface area (TPSA) is 12.0 Å². The minimum Gasteiger partial charge on any atom is -0.313 e. The normalized spacial score (nSPS) is 18.9. The number of aryl methyl sites for hydroxylation is 1. The molecular formula is C15H23N. The lowest BCUT2D eigenvalue weighted by atomic mass is 9.90. The minimum absolute atomic E-state index is 0.564. The molecule has 1 heteroatoms. The Morgan fingerprint density at radius 3 is 2.69 bits per heavy atom. The Hall–Kier alpha value is -0.820.